The van der Waals surface area contributed by atoms with Crippen molar-refractivity contribution >= 4 is 27.3 Å². The molecule has 0 radical (unpaired) electrons. The molecule has 0 saturated carbocycles. The summed E-state index contributed by atoms with van der Waals surface area (Å²) in [6, 6.07) is 2.73. The van der Waals surface area contributed by atoms with Gasteiger partial charge in [0, 0.05) is 18.0 Å². The molecule has 5 nitrogen and oxygen atoms in total. The second-order valence-electron chi connectivity index (χ2n) is 6.40. The number of aromatic carboxylic acids is 1. The van der Waals surface area contributed by atoms with Crippen LogP contribution in [0, 0.1) is 11.3 Å². The third kappa shape index (κ3) is 2.23. The number of rotatable bonds is 4. The Kier molecular flexibility index (Phi) is 3.70. The molecule has 120 valence electrons. The van der Waals surface area contributed by atoms with Crippen molar-refractivity contribution < 1.29 is 18.3 Å². The van der Waals surface area contributed by atoms with Crippen molar-refractivity contribution in [1.82, 2.24) is 4.31 Å². The number of hydrogen-bond donors (Lipinski definition) is 1. The van der Waals surface area contributed by atoms with Crippen LogP contribution < -0.4 is 0 Å². The second kappa shape index (κ2) is 5.18. The van der Waals surface area contributed by atoms with Crippen molar-refractivity contribution in [1.29, 1.82) is 0 Å². The van der Waals surface area contributed by atoms with E-state index >= 15 is 0 Å². The topological polar surface area (TPSA) is 74.7 Å². The van der Waals surface area contributed by atoms with E-state index in [4.69, 9.17) is 5.11 Å². The van der Waals surface area contributed by atoms with Gasteiger partial charge < -0.3 is 5.11 Å². The van der Waals surface area contributed by atoms with Crippen LogP contribution in [0.3, 0.4) is 0 Å². The Hall–Kier alpha value is -1.18. The predicted octanol–water partition coefficient (Wildman–Crippen LogP) is 2.81. The van der Waals surface area contributed by atoms with Crippen LogP contribution in [-0.4, -0.2) is 36.4 Å². The first-order valence-electron chi connectivity index (χ1n) is 7.28. The standard InChI is InChI=1S/C15H19NO4S2/c1-10(2)13-15(7-3-4-8-15)9-16(13)22(19,20)12-6-5-11(21-12)14(17)18/h3-6,10,13H,7-9H2,1-2H3,(H,17,18). The zero-order chi connectivity index (χ0) is 16.1. The maximum atomic E-state index is 12.8. The van der Waals surface area contributed by atoms with Gasteiger partial charge >= 0.3 is 5.97 Å². The van der Waals surface area contributed by atoms with Gasteiger partial charge in [-0.15, -0.1) is 11.3 Å². The minimum absolute atomic E-state index is 0.0251. The highest BCUT2D eigenvalue weighted by Crippen LogP contribution is 2.52. The molecule has 1 aliphatic heterocycles. The number of allylic oxidation sites excluding steroid dienone is 2. The van der Waals surface area contributed by atoms with E-state index in [0.29, 0.717) is 6.54 Å². The highest BCUT2D eigenvalue weighted by molar-refractivity contribution is 7.91. The lowest BCUT2D eigenvalue weighted by molar-refractivity contribution is -0.0290. The van der Waals surface area contributed by atoms with E-state index in [0.717, 1.165) is 24.2 Å². The lowest BCUT2D eigenvalue weighted by Gasteiger charge is -2.56. The van der Waals surface area contributed by atoms with Gasteiger partial charge in [0.2, 0.25) is 0 Å². The minimum Gasteiger partial charge on any atom is -0.477 e. The second-order valence-corrected chi connectivity index (χ2v) is 9.61. The minimum atomic E-state index is -3.61. The van der Waals surface area contributed by atoms with Gasteiger partial charge in [-0.2, -0.15) is 4.31 Å². The molecule has 0 aromatic carbocycles. The molecule has 1 atom stereocenters. The third-order valence-electron chi connectivity index (χ3n) is 4.61. The summed E-state index contributed by atoms with van der Waals surface area (Å²) < 4.78 is 27.3. The Morgan fingerprint density at radius 1 is 1.36 bits per heavy atom. The first-order valence-corrected chi connectivity index (χ1v) is 9.53. The monoisotopic (exact) mass is 341 g/mol. The highest BCUT2D eigenvalue weighted by atomic mass is 32.2. The van der Waals surface area contributed by atoms with E-state index in [1.807, 2.05) is 13.8 Å². The van der Waals surface area contributed by atoms with Gasteiger partial charge in [0.25, 0.3) is 10.0 Å². The molecule has 1 fully saturated rings. The number of nitrogens with zero attached hydrogens (tertiary/aromatic N) is 1. The molecule has 1 saturated heterocycles. The van der Waals surface area contributed by atoms with Crippen molar-refractivity contribution in [3.8, 4) is 0 Å². The van der Waals surface area contributed by atoms with Gasteiger partial charge in [-0.05, 0) is 30.9 Å². The number of hydrogen-bond acceptors (Lipinski definition) is 4. The number of carboxylic acids is 1. The quantitative estimate of drug-likeness (QED) is 0.855. The fourth-order valence-corrected chi connectivity index (χ4v) is 6.97. The Balaban J connectivity index is 1.90. The predicted molar refractivity (Wildman–Crippen MR) is 84.6 cm³/mol. The highest BCUT2D eigenvalue weighted by Gasteiger charge is 2.58. The third-order valence-corrected chi connectivity index (χ3v) is 7.98. The van der Waals surface area contributed by atoms with Crippen molar-refractivity contribution in [3.05, 3.63) is 29.2 Å². The van der Waals surface area contributed by atoms with Crippen LogP contribution in [0.5, 0.6) is 0 Å². The largest absolute Gasteiger partial charge is 0.477 e. The number of sulfonamides is 1. The summed E-state index contributed by atoms with van der Waals surface area (Å²) in [4.78, 5) is 11.0. The van der Waals surface area contributed by atoms with Crippen molar-refractivity contribution in [2.24, 2.45) is 11.3 Å². The molecule has 1 spiro atoms. The van der Waals surface area contributed by atoms with Crippen molar-refractivity contribution in [2.75, 3.05) is 6.54 Å². The SMILES string of the molecule is CC(C)C1N(S(=O)(=O)c2ccc(C(=O)O)s2)CC12CC=CC2. The van der Waals surface area contributed by atoms with Gasteiger partial charge in [-0.1, -0.05) is 26.0 Å². The first kappa shape index (κ1) is 15.7. The zero-order valence-corrected chi connectivity index (χ0v) is 14.2. The summed E-state index contributed by atoms with van der Waals surface area (Å²) in [6.45, 7) is 4.61. The van der Waals surface area contributed by atoms with E-state index < -0.39 is 16.0 Å². The summed E-state index contributed by atoms with van der Waals surface area (Å²) in [5, 5.41) is 8.98. The van der Waals surface area contributed by atoms with E-state index in [-0.39, 0.29) is 26.5 Å². The van der Waals surface area contributed by atoms with Gasteiger partial charge in [0.1, 0.15) is 9.09 Å². The Bertz CT molecular complexity index is 724. The number of carboxylic acid groups (broad SMARTS) is 1. The molecule has 1 N–H and O–H groups in total. The molecule has 3 rings (SSSR count). The first-order chi connectivity index (χ1) is 10.3. The summed E-state index contributed by atoms with van der Waals surface area (Å²) in [7, 11) is -3.61. The Labute approximate surface area is 134 Å². The summed E-state index contributed by atoms with van der Waals surface area (Å²) >= 11 is 0.825. The Morgan fingerprint density at radius 2 is 2.00 bits per heavy atom. The lowest BCUT2D eigenvalue weighted by Crippen LogP contribution is -2.67. The van der Waals surface area contributed by atoms with Crippen LogP contribution in [0.4, 0.5) is 0 Å². The fraction of sp³-hybridized carbons (Fsp3) is 0.533. The van der Waals surface area contributed by atoms with E-state index in [1.165, 1.54) is 12.1 Å². The number of thiophene rings is 1. The molecule has 0 amide bonds. The van der Waals surface area contributed by atoms with E-state index in [9.17, 15) is 13.2 Å². The summed E-state index contributed by atoms with van der Waals surface area (Å²) in [6.07, 6.45) is 6.11. The van der Waals surface area contributed by atoms with Crippen LogP contribution in [-0.2, 0) is 10.0 Å². The number of carbonyl (C=O) groups is 1. The summed E-state index contributed by atoms with van der Waals surface area (Å²) in [5.74, 6) is -0.866. The fourth-order valence-electron chi connectivity index (χ4n) is 3.75. The molecule has 1 aromatic heterocycles. The van der Waals surface area contributed by atoms with Gasteiger partial charge in [-0.25, -0.2) is 13.2 Å². The van der Waals surface area contributed by atoms with Crippen LogP contribution in [0.2, 0.25) is 0 Å². The van der Waals surface area contributed by atoms with Crippen LogP contribution >= 0.6 is 11.3 Å². The van der Waals surface area contributed by atoms with Crippen LogP contribution in [0.25, 0.3) is 0 Å². The van der Waals surface area contributed by atoms with Crippen LogP contribution in [0.1, 0.15) is 36.4 Å². The molecule has 2 heterocycles. The molecule has 1 unspecified atom stereocenters. The molecule has 1 aromatic rings. The average Bonchev–Trinajstić information content (AvgIpc) is 3.06. The van der Waals surface area contributed by atoms with Gasteiger partial charge in [0.05, 0.1) is 0 Å². The molecule has 22 heavy (non-hydrogen) atoms. The molecular weight excluding hydrogens is 322 g/mol. The molecular formula is C15H19NO4S2. The molecule has 0 bridgehead atoms. The zero-order valence-electron chi connectivity index (χ0n) is 12.5. The van der Waals surface area contributed by atoms with E-state index in [2.05, 4.69) is 12.2 Å². The Morgan fingerprint density at radius 3 is 2.50 bits per heavy atom. The molecule has 7 heteroatoms. The smallest absolute Gasteiger partial charge is 0.345 e. The van der Waals surface area contributed by atoms with E-state index in [1.54, 1.807) is 4.31 Å². The van der Waals surface area contributed by atoms with Crippen LogP contribution in [0.15, 0.2) is 28.5 Å². The molecule has 1 aliphatic carbocycles. The average molecular weight is 341 g/mol. The van der Waals surface area contributed by atoms with Gasteiger partial charge in [-0.3, -0.25) is 0 Å². The van der Waals surface area contributed by atoms with Crippen molar-refractivity contribution in [3.63, 3.8) is 0 Å². The van der Waals surface area contributed by atoms with Gasteiger partial charge in [0.15, 0.2) is 0 Å². The maximum absolute atomic E-state index is 12.8. The molecule has 2 aliphatic rings. The maximum Gasteiger partial charge on any atom is 0.345 e. The lowest BCUT2D eigenvalue weighted by atomic mass is 9.67. The normalized spacial score (nSPS) is 24.0. The summed E-state index contributed by atoms with van der Waals surface area (Å²) in [5.41, 5.74) is 0.0358. The van der Waals surface area contributed by atoms with Crippen molar-refractivity contribution in [2.45, 2.75) is 36.9 Å².